The molecule has 0 bridgehead atoms. The van der Waals surface area contributed by atoms with Crippen molar-refractivity contribution in [1.29, 1.82) is 0 Å². The minimum atomic E-state index is 0.244. The van der Waals surface area contributed by atoms with Crippen LogP contribution >= 0.6 is 11.3 Å². The molecule has 122 valence electrons. The lowest BCUT2D eigenvalue weighted by Gasteiger charge is -2.24. The Labute approximate surface area is 141 Å². The summed E-state index contributed by atoms with van der Waals surface area (Å²) in [6.07, 6.45) is 6.87. The monoisotopic (exact) mass is 330 g/mol. The van der Waals surface area contributed by atoms with Gasteiger partial charge < -0.3 is 9.64 Å². The zero-order valence-corrected chi connectivity index (χ0v) is 14.2. The van der Waals surface area contributed by atoms with Crippen LogP contribution in [0.2, 0.25) is 0 Å². The summed E-state index contributed by atoms with van der Waals surface area (Å²) in [7, 11) is 0. The van der Waals surface area contributed by atoms with E-state index >= 15 is 0 Å². The second-order valence-electron chi connectivity index (χ2n) is 5.83. The smallest absolute Gasteiger partial charge is 0.223 e. The first-order chi connectivity index (χ1) is 11.2. The average molecular weight is 330 g/mol. The van der Waals surface area contributed by atoms with Crippen molar-refractivity contribution in [2.24, 2.45) is 0 Å². The lowest BCUT2D eigenvalue weighted by molar-refractivity contribution is -0.132. The van der Waals surface area contributed by atoms with Crippen LogP contribution < -0.4 is 4.74 Å². The molecule has 5 heteroatoms. The SMILES string of the molecule is Cc1ccc([C@@H]2CCCN2C(=O)CCCOc2cccnc2)s1. The van der Waals surface area contributed by atoms with E-state index in [4.69, 9.17) is 4.74 Å². The standard InChI is InChI=1S/C18H22N2O2S/c1-14-8-9-17(23-14)16-6-3-11-20(16)18(21)7-4-12-22-15-5-2-10-19-13-15/h2,5,8-10,13,16H,3-4,6-7,11-12H2,1H3/t16-/m0/s1. The molecule has 0 aromatic carbocycles. The number of thiophene rings is 1. The third-order valence-corrected chi connectivity index (χ3v) is 5.20. The molecular formula is C18H22N2O2S. The van der Waals surface area contributed by atoms with Crippen LogP contribution in [-0.4, -0.2) is 28.9 Å². The highest BCUT2D eigenvalue weighted by Crippen LogP contribution is 2.36. The molecule has 0 spiro atoms. The molecule has 0 saturated carbocycles. The van der Waals surface area contributed by atoms with Crippen LogP contribution in [0.4, 0.5) is 0 Å². The van der Waals surface area contributed by atoms with E-state index in [1.54, 1.807) is 23.7 Å². The summed E-state index contributed by atoms with van der Waals surface area (Å²) in [5, 5.41) is 0. The van der Waals surface area contributed by atoms with E-state index in [1.807, 2.05) is 12.1 Å². The fourth-order valence-corrected chi connectivity index (χ4v) is 4.01. The van der Waals surface area contributed by atoms with E-state index in [9.17, 15) is 4.79 Å². The molecule has 3 heterocycles. The number of aromatic nitrogens is 1. The van der Waals surface area contributed by atoms with Gasteiger partial charge in [0.1, 0.15) is 5.75 Å². The third-order valence-electron chi connectivity index (χ3n) is 4.10. The van der Waals surface area contributed by atoms with E-state index in [0.29, 0.717) is 13.0 Å². The Balaban J connectivity index is 1.47. The van der Waals surface area contributed by atoms with Gasteiger partial charge in [0.15, 0.2) is 0 Å². The Kier molecular flexibility index (Phi) is 5.28. The maximum atomic E-state index is 12.5. The summed E-state index contributed by atoms with van der Waals surface area (Å²) in [6, 6.07) is 8.31. The van der Waals surface area contributed by atoms with Gasteiger partial charge in [-0.3, -0.25) is 9.78 Å². The lowest BCUT2D eigenvalue weighted by atomic mass is 10.1. The summed E-state index contributed by atoms with van der Waals surface area (Å²) in [4.78, 5) is 21.2. The summed E-state index contributed by atoms with van der Waals surface area (Å²) in [5.41, 5.74) is 0. The molecule has 0 N–H and O–H groups in total. The fraction of sp³-hybridized carbons (Fsp3) is 0.444. The van der Waals surface area contributed by atoms with Crippen molar-refractivity contribution in [2.45, 2.75) is 38.6 Å². The zero-order chi connectivity index (χ0) is 16.1. The van der Waals surface area contributed by atoms with E-state index in [-0.39, 0.29) is 11.9 Å². The van der Waals surface area contributed by atoms with Gasteiger partial charge in [0.25, 0.3) is 0 Å². The largest absolute Gasteiger partial charge is 0.492 e. The van der Waals surface area contributed by atoms with Crippen molar-refractivity contribution in [3.05, 3.63) is 46.4 Å². The number of aryl methyl sites for hydroxylation is 1. The Morgan fingerprint density at radius 1 is 1.43 bits per heavy atom. The van der Waals surface area contributed by atoms with Gasteiger partial charge in [-0.25, -0.2) is 0 Å². The molecule has 4 nitrogen and oxygen atoms in total. The van der Waals surface area contributed by atoms with Crippen LogP contribution in [0.5, 0.6) is 5.75 Å². The zero-order valence-electron chi connectivity index (χ0n) is 13.4. The number of hydrogen-bond donors (Lipinski definition) is 0. The molecule has 1 saturated heterocycles. The Morgan fingerprint density at radius 2 is 2.35 bits per heavy atom. The number of hydrogen-bond acceptors (Lipinski definition) is 4. The van der Waals surface area contributed by atoms with Crippen molar-refractivity contribution in [2.75, 3.05) is 13.2 Å². The van der Waals surface area contributed by atoms with Crippen LogP contribution in [0.15, 0.2) is 36.7 Å². The van der Waals surface area contributed by atoms with Crippen LogP contribution in [0.25, 0.3) is 0 Å². The number of rotatable bonds is 6. The van der Waals surface area contributed by atoms with Crippen molar-refractivity contribution in [3.63, 3.8) is 0 Å². The molecule has 0 aliphatic carbocycles. The number of likely N-dealkylation sites (tertiary alicyclic amines) is 1. The molecule has 1 atom stereocenters. The van der Waals surface area contributed by atoms with E-state index in [0.717, 1.165) is 31.6 Å². The van der Waals surface area contributed by atoms with Gasteiger partial charge in [-0.05, 0) is 50.5 Å². The second-order valence-corrected chi connectivity index (χ2v) is 7.15. The maximum absolute atomic E-state index is 12.5. The number of amides is 1. The molecule has 0 radical (unpaired) electrons. The van der Waals surface area contributed by atoms with Gasteiger partial charge >= 0.3 is 0 Å². The van der Waals surface area contributed by atoms with E-state index in [1.165, 1.54) is 9.75 Å². The predicted octanol–water partition coefficient (Wildman–Crippen LogP) is 3.97. The van der Waals surface area contributed by atoms with Crippen LogP contribution in [0.3, 0.4) is 0 Å². The number of ether oxygens (including phenoxy) is 1. The van der Waals surface area contributed by atoms with Gasteiger partial charge in [0.05, 0.1) is 18.8 Å². The van der Waals surface area contributed by atoms with Crippen LogP contribution in [0, 0.1) is 6.92 Å². The fourth-order valence-electron chi connectivity index (χ4n) is 2.98. The van der Waals surface area contributed by atoms with Crippen molar-refractivity contribution >= 4 is 17.2 Å². The molecule has 2 aromatic rings. The number of carbonyl (C=O) groups excluding carboxylic acids is 1. The quantitative estimate of drug-likeness (QED) is 0.753. The van der Waals surface area contributed by atoms with Gasteiger partial charge in [0.2, 0.25) is 5.91 Å². The molecule has 1 fully saturated rings. The van der Waals surface area contributed by atoms with Crippen LogP contribution in [-0.2, 0) is 4.79 Å². The topological polar surface area (TPSA) is 42.4 Å². The minimum Gasteiger partial charge on any atom is -0.492 e. The van der Waals surface area contributed by atoms with E-state index < -0.39 is 0 Å². The number of pyridine rings is 1. The van der Waals surface area contributed by atoms with Crippen molar-refractivity contribution < 1.29 is 9.53 Å². The maximum Gasteiger partial charge on any atom is 0.223 e. The highest BCUT2D eigenvalue weighted by molar-refractivity contribution is 7.12. The minimum absolute atomic E-state index is 0.244. The lowest BCUT2D eigenvalue weighted by Crippen LogP contribution is -2.30. The first kappa shape index (κ1) is 16.0. The van der Waals surface area contributed by atoms with Gasteiger partial charge in [-0.1, -0.05) is 0 Å². The third kappa shape index (κ3) is 4.10. The molecule has 1 aliphatic rings. The molecule has 1 amide bonds. The molecule has 3 rings (SSSR count). The highest BCUT2D eigenvalue weighted by atomic mass is 32.1. The molecule has 23 heavy (non-hydrogen) atoms. The molecule has 0 unspecified atom stereocenters. The normalized spacial score (nSPS) is 17.4. The average Bonchev–Trinajstić information content (AvgIpc) is 3.21. The Hall–Kier alpha value is -1.88. The molecular weight excluding hydrogens is 308 g/mol. The van der Waals surface area contributed by atoms with Gasteiger partial charge in [-0.2, -0.15) is 0 Å². The number of nitrogens with zero attached hydrogens (tertiary/aromatic N) is 2. The first-order valence-electron chi connectivity index (χ1n) is 8.12. The Bertz CT molecular complexity index is 641. The van der Waals surface area contributed by atoms with Gasteiger partial charge in [0, 0.05) is 28.9 Å². The summed E-state index contributed by atoms with van der Waals surface area (Å²) < 4.78 is 5.60. The molecule has 1 aliphatic heterocycles. The van der Waals surface area contributed by atoms with E-state index in [2.05, 4.69) is 28.9 Å². The Morgan fingerprint density at radius 3 is 3.09 bits per heavy atom. The summed E-state index contributed by atoms with van der Waals surface area (Å²) in [6.45, 7) is 3.54. The van der Waals surface area contributed by atoms with Crippen LogP contribution in [0.1, 0.15) is 41.5 Å². The number of carbonyl (C=O) groups is 1. The second kappa shape index (κ2) is 7.59. The first-order valence-corrected chi connectivity index (χ1v) is 8.94. The predicted molar refractivity (Wildman–Crippen MR) is 91.7 cm³/mol. The summed E-state index contributed by atoms with van der Waals surface area (Å²) in [5.74, 6) is 1.00. The van der Waals surface area contributed by atoms with Crippen molar-refractivity contribution in [3.8, 4) is 5.75 Å². The highest BCUT2D eigenvalue weighted by Gasteiger charge is 2.30. The summed E-state index contributed by atoms with van der Waals surface area (Å²) >= 11 is 1.81. The van der Waals surface area contributed by atoms with Gasteiger partial charge in [-0.15, -0.1) is 11.3 Å². The molecule has 2 aromatic heterocycles. The van der Waals surface area contributed by atoms with Crippen molar-refractivity contribution in [1.82, 2.24) is 9.88 Å².